The summed E-state index contributed by atoms with van der Waals surface area (Å²) in [5, 5.41) is 67.6. The lowest BCUT2D eigenvalue weighted by Gasteiger charge is -2.45. The molecule has 11 atom stereocenters. The number of aliphatic hydroxyl groups excluding tert-OH is 7. The Balaban J connectivity index is 2.16. The lowest BCUT2D eigenvalue weighted by Crippen LogP contribution is -2.65. The van der Waals surface area contributed by atoms with Gasteiger partial charge >= 0.3 is 5.97 Å². The summed E-state index contributed by atoms with van der Waals surface area (Å²) in [6.07, 6.45) is -16.2. The van der Waals surface area contributed by atoms with Crippen molar-refractivity contribution in [2.75, 3.05) is 6.61 Å². The maximum atomic E-state index is 11.1. The highest BCUT2D eigenvalue weighted by Crippen LogP contribution is 2.31. The van der Waals surface area contributed by atoms with Crippen LogP contribution in [0.5, 0.6) is 0 Å². The Morgan fingerprint density at radius 1 is 1.00 bits per heavy atom. The van der Waals surface area contributed by atoms with E-state index in [4.69, 9.17) is 18.9 Å². The van der Waals surface area contributed by atoms with Crippen molar-refractivity contribution in [3.63, 3.8) is 0 Å². The smallest absolute Gasteiger partial charge is 0.303 e. The minimum Gasteiger partial charge on any atom is -0.448 e. The van der Waals surface area contributed by atoms with Gasteiger partial charge < -0.3 is 54.7 Å². The van der Waals surface area contributed by atoms with Crippen LogP contribution in [-0.4, -0.2) is 115 Å². The third kappa shape index (κ3) is 4.94. The van der Waals surface area contributed by atoms with Crippen LogP contribution in [-0.2, 0) is 23.7 Å². The minimum atomic E-state index is -1.79. The van der Waals surface area contributed by atoms with Crippen LogP contribution in [0, 0.1) is 0 Å². The van der Waals surface area contributed by atoms with Crippen molar-refractivity contribution in [2.24, 2.45) is 0 Å². The number of alkyl halides is 1. The van der Waals surface area contributed by atoms with Crippen molar-refractivity contribution >= 4 is 21.9 Å². The number of rotatable bonds is 5. The molecular weight excluding hydrogens is 440 g/mol. The highest BCUT2D eigenvalue weighted by Gasteiger charge is 2.51. The molecule has 2 aliphatic rings. The summed E-state index contributed by atoms with van der Waals surface area (Å²) >= 11 is 2.97. The third-order valence-electron chi connectivity index (χ3n) is 4.27. The lowest BCUT2D eigenvalue weighted by atomic mass is 9.97. The van der Waals surface area contributed by atoms with E-state index in [2.05, 4.69) is 15.9 Å². The lowest BCUT2D eigenvalue weighted by molar-refractivity contribution is -0.356. The normalized spacial score (nSPS) is 46.7. The van der Waals surface area contributed by atoms with Crippen LogP contribution < -0.4 is 0 Å². The highest BCUT2D eigenvalue weighted by molar-refractivity contribution is 9.09. The number of aliphatic hydroxyl groups is 7. The number of hydrogen-bond donors (Lipinski definition) is 7. The predicted octanol–water partition coefficient (Wildman–Crippen LogP) is -4.11. The zero-order chi connectivity index (χ0) is 20.5. The van der Waals surface area contributed by atoms with Crippen LogP contribution in [0.1, 0.15) is 6.92 Å². The van der Waals surface area contributed by atoms with Crippen molar-refractivity contribution in [3.8, 4) is 0 Å². The van der Waals surface area contributed by atoms with Crippen LogP contribution in [0.2, 0.25) is 0 Å². The summed E-state index contributed by atoms with van der Waals surface area (Å²) in [7, 11) is 0. The first kappa shape index (κ1) is 22.8. The number of carbonyl (C=O) groups excluding carboxylic acids is 1. The Morgan fingerprint density at radius 2 is 1.63 bits per heavy atom. The van der Waals surface area contributed by atoms with E-state index in [-0.39, 0.29) is 0 Å². The van der Waals surface area contributed by atoms with Crippen LogP contribution in [0.4, 0.5) is 0 Å². The molecule has 158 valence electrons. The maximum Gasteiger partial charge on any atom is 0.303 e. The van der Waals surface area contributed by atoms with Crippen LogP contribution in [0.25, 0.3) is 0 Å². The molecule has 2 saturated heterocycles. The largest absolute Gasteiger partial charge is 0.448 e. The number of ether oxygens (including phenoxy) is 4. The van der Waals surface area contributed by atoms with Gasteiger partial charge in [0, 0.05) is 6.92 Å². The Bertz CT molecular complexity index is 506. The van der Waals surface area contributed by atoms with E-state index in [9.17, 15) is 40.5 Å². The van der Waals surface area contributed by atoms with E-state index >= 15 is 0 Å². The molecule has 0 bridgehead atoms. The fraction of sp³-hybridized carbons (Fsp3) is 0.929. The molecule has 7 N–H and O–H groups in total. The molecule has 2 heterocycles. The summed E-state index contributed by atoms with van der Waals surface area (Å²) in [4.78, 5) is 11.1. The molecule has 0 radical (unpaired) electrons. The van der Waals surface area contributed by atoms with Gasteiger partial charge in [-0.15, -0.1) is 0 Å². The molecule has 1 unspecified atom stereocenters. The molecule has 2 aliphatic heterocycles. The molecule has 0 saturated carbocycles. The first-order valence-electron chi connectivity index (χ1n) is 8.05. The predicted molar refractivity (Wildman–Crippen MR) is 86.0 cm³/mol. The Labute approximate surface area is 162 Å². The average molecular weight is 463 g/mol. The quantitative estimate of drug-likeness (QED) is 0.154. The molecule has 12 nitrogen and oxygen atoms in total. The molecule has 27 heavy (non-hydrogen) atoms. The van der Waals surface area contributed by atoms with E-state index in [0.29, 0.717) is 0 Å². The first-order chi connectivity index (χ1) is 12.6. The fourth-order valence-electron chi connectivity index (χ4n) is 2.82. The van der Waals surface area contributed by atoms with Gasteiger partial charge in [0.1, 0.15) is 48.8 Å². The number of hydrogen-bond acceptors (Lipinski definition) is 12. The van der Waals surface area contributed by atoms with Gasteiger partial charge in [-0.1, -0.05) is 0 Å². The molecule has 13 heteroatoms. The van der Waals surface area contributed by atoms with Crippen molar-refractivity contribution in [3.05, 3.63) is 0 Å². The van der Waals surface area contributed by atoms with Crippen LogP contribution in [0.15, 0.2) is 0 Å². The molecule has 0 amide bonds. The average Bonchev–Trinajstić information content (AvgIpc) is 2.61. The van der Waals surface area contributed by atoms with Crippen LogP contribution in [0.3, 0.4) is 0 Å². The zero-order valence-corrected chi connectivity index (χ0v) is 15.7. The molecule has 2 fully saturated rings. The topological polar surface area (TPSA) is 196 Å². The Kier molecular flexibility index (Phi) is 7.92. The second-order valence-corrected chi connectivity index (χ2v) is 7.13. The maximum absolute atomic E-state index is 11.1. The van der Waals surface area contributed by atoms with E-state index in [1.165, 1.54) is 0 Å². The van der Waals surface area contributed by atoms with Crippen molar-refractivity contribution in [2.45, 2.75) is 73.3 Å². The summed E-state index contributed by atoms with van der Waals surface area (Å²) in [6.45, 7) is 0.397. The summed E-state index contributed by atoms with van der Waals surface area (Å²) in [6, 6.07) is 0. The van der Waals surface area contributed by atoms with E-state index < -0.39 is 79.0 Å². The Hall–Kier alpha value is -0.450. The van der Waals surface area contributed by atoms with Gasteiger partial charge in [-0.25, -0.2) is 0 Å². The zero-order valence-electron chi connectivity index (χ0n) is 14.1. The summed E-state index contributed by atoms with van der Waals surface area (Å²) < 4.78 is 20.5. The van der Waals surface area contributed by atoms with Gasteiger partial charge in [0.25, 0.3) is 0 Å². The highest BCUT2D eigenvalue weighted by atomic mass is 79.9. The molecule has 0 aliphatic carbocycles. The van der Waals surface area contributed by atoms with Gasteiger partial charge in [0.15, 0.2) is 17.6 Å². The molecule has 0 spiro atoms. The van der Waals surface area contributed by atoms with Crippen molar-refractivity contribution in [1.29, 1.82) is 0 Å². The molecule has 0 aromatic rings. The van der Waals surface area contributed by atoms with Gasteiger partial charge in [-0.3, -0.25) is 4.79 Å². The molecule has 0 aromatic carbocycles. The molecular formula is C14H23BrO12. The Morgan fingerprint density at radius 3 is 2.19 bits per heavy atom. The van der Waals surface area contributed by atoms with Crippen molar-refractivity contribution < 1.29 is 59.5 Å². The van der Waals surface area contributed by atoms with Gasteiger partial charge in [-0.2, -0.15) is 0 Å². The molecule has 2 rings (SSSR count). The molecule has 0 aromatic heterocycles. The second kappa shape index (κ2) is 9.37. The van der Waals surface area contributed by atoms with Gasteiger partial charge in [0.05, 0.1) is 6.61 Å². The minimum absolute atomic E-state index is 0.709. The number of halogens is 1. The van der Waals surface area contributed by atoms with Gasteiger partial charge in [-0.05, 0) is 15.9 Å². The van der Waals surface area contributed by atoms with Crippen molar-refractivity contribution in [1.82, 2.24) is 0 Å². The standard InChI is InChI=1S/C14H23BrO12/c1-3(17)24-12(15)11-6(19)5(18)9(22)14(27-11)26-10-4(2-16)25-13(23)8(21)7(10)20/h4-14,16,18-23H,2H2,1H3/t4-,5+,6-,7-,8-,9-,10-,11+,12?,13+,14-/m1/s1. The summed E-state index contributed by atoms with van der Waals surface area (Å²) in [5.74, 6) is -0.709. The monoisotopic (exact) mass is 462 g/mol. The van der Waals surface area contributed by atoms with E-state index in [1.807, 2.05) is 0 Å². The van der Waals surface area contributed by atoms with E-state index in [1.54, 1.807) is 0 Å². The summed E-state index contributed by atoms with van der Waals surface area (Å²) in [5.41, 5.74) is 0. The van der Waals surface area contributed by atoms with Crippen LogP contribution >= 0.6 is 15.9 Å². The SMILES string of the molecule is CC(=O)OC(Br)[C@H]1O[C@@H](O[C@H]2[C@H](O)[C@@H](O)[C@@H](O)O[C@@H]2CO)[C@H](O)[C@@H](O)[C@H]1O. The number of esters is 1. The second-order valence-electron chi connectivity index (χ2n) is 6.23. The van der Waals surface area contributed by atoms with Gasteiger partial charge in [0.2, 0.25) is 0 Å². The fourth-order valence-corrected chi connectivity index (χ4v) is 3.52. The van der Waals surface area contributed by atoms with E-state index in [0.717, 1.165) is 6.92 Å². The first-order valence-corrected chi connectivity index (χ1v) is 8.97. The number of carbonyl (C=O) groups is 1. The third-order valence-corrected chi connectivity index (χ3v) is 4.98.